The Morgan fingerprint density at radius 2 is 2.27 bits per heavy atom. The third-order valence-corrected chi connectivity index (χ3v) is 4.19. The van der Waals surface area contributed by atoms with Gasteiger partial charge in [0.25, 0.3) is 0 Å². The van der Waals surface area contributed by atoms with Gasteiger partial charge in [0.1, 0.15) is 23.3 Å². The van der Waals surface area contributed by atoms with E-state index in [1.165, 1.54) is 6.20 Å². The molecule has 0 unspecified atom stereocenters. The van der Waals surface area contributed by atoms with Gasteiger partial charge in [-0.15, -0.1) is 0 Å². The molecule has 7 nitrogen and oxygen atoms in total. The number of nitriles is 1. The molecule has 2 aromatic heterocycles. The maximum Gasteiger partial charge on any atom is 0.420 e. The molecule has 1 aliphatic rings. The molecule has 1 atom stereocenters. The van der Waals surface area contributed by atoms with E-state index in [4.69, 9.17) is 27.3 Å². The standard InChI is InChI=1S/C15H14ClF3N6O/c16-11-4-10(15(17,18)19)13(22-7-9-2-1-3-26-9)24-14(11)25-12(21)8(5-20)6-23-25/h4,6,9H,1-3,7,21H2,(H,22,24)/t9-/m0/s1. The normalized spacial score (nSPS) is 17.3. The largest absolute Gasteiger partial charge is 0.420 e. The number of rotatable bonds is 4. The molecule has 1 saturated heterocycles. The lowest BCUT2D eigenvalue weighted by molar-refractivity contribution is -0.137. The second-order valence-electron chi connectivity index (χ2n) is 5.67. The van der Waals surface area contributed by atoms with Crippen LogP contribution in [0.1, 0.15) is 24.0 Å². The molecule has 0 aliphatic carbocycles. The zero-order valence-electron chi connectivity index (χ0n) is 13.3. The average Bonchev–Trinajstić information content (AvgIpc) is 3.22. The second-order valence-corrected chi connectivity index (χ2v) is 6.08. The Bertz CT molecular complexity index is 854. The second kappa shape index (κ2) is 7.01. The predicted octanol–water partition coefficient (Wildman–Crippen LogP) is 2.98. The van der Waals surface area contributed by atoms with Crippen molar-refractivity contribution in [3.63, 3.8) is 0 Å². The number of pyridine rings is 1. The number of alkyl halides is 3. The van der Waals surface area contributed by atoms with Crippen molar-refractivity contribution in [1.82, 2.24) is 14.8 Å². The van der Waals surface area contributed by atoms with Gasteiger partial charge in [-0.1, -0.05) is 11.6 Å². The first-order chi connectivity index (χ1) is 12.3. The Labute approximate surface area is 151 Å². The first-order valence-corrected chi connectivity index (χ1v) is 8.06. The minimum Gasteiger partial charge on any atom is -0.382 e. The lowest BCUT2D eigenvalue weighted by atomic mass is 10.2. The molecule has 0 bridgehead atoms. The van der Waals surface area contributed by atoms with Crippen LogP contribution in [0.4, 0.5) is 24.8 Å². The fraction of sp³-hybridized carbons (Fsp3) is 0.400. The highest BCUT2D eigenvalue weighted by molar-refractivity contribution is 6.32. The third-order valence-electron chi connectivity index (χ3n) is 3.91. The van der Waals surface area contributed by atoms with E-state index in [9.17, 15) is 13.2 Å². The van der Waals surface area contributed by atoms with Crippen molar-refractivity contribution < 1.29 is 17.9 Å². The number of ether oxygens (including phenoxy) is 1. The number of hydrogen-bond donors (Lipinski definition) is 2. The quantitative estimate of drug-likeness (QED) is 0.837. The molecule has 0 spiro atoms. The van der Waals surface area contributed by atoms with Gasteiger partial charge in [-0.05, 0) is 18.9 Å². The lowest BCUT2D eigenvalue weighted by Gasteiger charge is -2.18. The van der Waals surface area contributed by atoms with Gasteiger partial charge in [0.05, 0.1) is 22.9 Å². The van der Waals surface area contributed by atoms with Gasteiger partial charge in [0, 0.05) is 13.2 Å². The predicted molar refractivity (Wildman–Crippen MR) is 88.0 cm³/mol. The minimum absolute atomic E-state index is 0.0632. The van der Waals surface area contributed by atoms with Gasteiger partial charge >= 0.3 is 6.18 Å². The summed E-state index contributed by atoms with van der Waals surface area (Å²) < 4.78 is 46.5. The molecule has 11 heteroatoms. The summed E-state index contributed by atoms with van der Waals surface area (Å²) in [6.45, 7) is 0.758. The van der Waals surface area contributed by atoms with Crippen LogP contribution >= 0.6 is 11.6 Å². The number of nitrogens with one attached hydrogen (secondary N) is 1. The van der Waals surface area contributed by atoms with Gasteiger partial charge in [0.15, 0.2) is 5.82 Å². The van der Waals surface area contributed by atoms with Crippen LogP contribution in [0.3, 0.4) is 0 Å². The van der Waals surface area contributed by atoms with Crippen molar-refractivity contribution >= 4 is 23.2 Å². The summed E-state index contributed by atoms with van der Waals surface area (Å²) in [7, 11) is 0. The Morgan fingerprint density at radius 3 is 2.85 bits per heavy atom. The summed E-state index contributed by atoms with van der Waals surface area (Å²) in [5.74, 6) is -0.568. The number of hydrogen-bond acceptors (Lipinski definition) is 6. The van der Waals surface area contributed by atoms with Crippen molar-refractivity contribution in [1.29, 1.82) is 5.26 Å². The van der Waals surface area contributed by atoms with Crippen LogP contribution in [0.5, 0.6) is 0 Å². The van der Waals surface area contributed by atoms with E-state index in [0.29, 0.717) is 6.61 Å². The first-order valence-electron chi connectivity index (χ1n) is 7.68. The zero-order chi connectivity index (χ0) is 18.9. The molecule has 138 valence electrons. The molecule has 26 heavy (non-hydrogen) atoms. The van der Waals surface area contributed by atoms with Crippen LogP contribution in [-0.2, 0) is 10.9 Å². The molecule has 0 radical (unpaired) electrons. The molecule has 3 rings (SSSR count). The smallest absolute Gasteiger partial charge is 0.382 e. The van der Waals surface area contributed by atoms with E-state index < -0.39 is 17.6 Å². The van der Waals surface area contributed by atoms with Gasteiger partial charge in [0.2, 0.25) is 0 Å². The topological polar surface area (TPSA) is 102 Å². The van der Waals surface area contributed by atoms with Crippen LogP contribution in [-0.4, -0.2) is 34.0 Å². The summed E-state index contributed by atoms with van der Waals surface area (Å²) >= 11 is 5.98. The summed E-state index contributed by atoms with van der Waals surface area (Å²) in [5, 5.41) is 15.2. The van der Waals surface area contributed by atoms with E-state index in [0.717, 1.165) is 23.6 Å². The summed E-state index contributed by atoms with van der Waals surface area (Å²) in [5.41, 5.74) is 4.84. The number of nitrogens with two attached hydrogens (primary N) is 1. The Hall–Kier alpha value is -2.51. The van der Waals surface area contributed by atoms with E-state index in [1.54, 1.807) is 0 Å². The number of halogens is 4. The summed E-state index contributed by atoms with van der Waals surface area (Å²) in [4.78, 5) is 3.97. The molecule has 1 aliphatic heterocycles. The van der Waals surface area contributed by atoms with Crippen molar-refractivity contribution in [3.05, 3.63) is 28.4 Å². The first kappa shape index (κ1) is 18.3. The fourth-order valence-corrected chi connectivity index (χ4v) is 2.84. The van der Waals surface area contributed by atoms with Gasteiger partial charge in [-0.3, -0.25) is 0 Å². The molecule has 2 aromatic rings. The maximum atomic E-state index is 13.3. The molecule has 3 N–H and O–H groups in total. The maximum absolute atomic E-state index is 13.3. The van der Waals surface area contributed by atoms with Crippen LogP contribution in [0.2, 0.25) is 5.02 Å². The van der Waals surface area contributed by atoms with Gasteiger partial charge in [-0.25, -0.2) is 4.98 Å². The Morgan fingerprint density at radius 1 is 1.50 bits per heavy atom. The van der Waals surface area contributed by atoms with Crippen molar-refractivity contribution in [2.75, 3.05) is 24.2 Å². The van der Waals surface area contributed by atoms with Crippen LogP contribution < -0.4 is 11.1 Å². The van der Waals surface area contributed by atoms with E-state index in [-0.39, 0.29) is 34.9 Å². The fourth-order valence-electron chi connectivity index (χ4n) is 2.61. The summed E-state index contributed by atoms with van der Waals surface area (Å²) in [6.07, 6.45) is -2.03. The third kappa shape index (κ3) is 3.54. The molecule has 3 heterocycles. The van der Waals surface area contributed by atoms with Crippen LogP contribution in [0.15, 0.2) is 12.3 Å². The molecular weight excluding hydrogens is 373 g/mol. The molecule has 0 amide bonds. The molecule has 0 saturated carbocycles. The van der Waals surface area contributed by atoms with E-state index in [1.807, 2.05) is 6.07 Å². The molecule has 0 aromatic carbocycles. The minimum atomic E-state index is -4.65. The van der Waals surface area contributed by atoms with E-state index in [2.05, 4.69) is 15.4 Å². The van der Waals surface area contributed by atoms with Crippen molar-refractivity contribution in [3.8, 4) is 11.9 Å². The number of nitrogen functional groups attached to an aromatic ring is 1. The lowest BCUT2D eigenvalue weighted by Crippen LogP contribution is -2.22. The van der Waals surface area contributed by atoms with Crippen LogP contribution in [0, 0.1) is 11.3 Å². The van der Waals surface area contributed by atoms with Crippen molar-refractivity contribution in [2.24, 2.45) is 0 Å². The van der Waals surface area contributed by atoms with Crippen LogP contribution in [0.25, 0.3) is 5.82 Å². The van der Waals surface area contributed by atoms with Gasteiger partial charge < -0.3 is 15.8 Å². The number of nitrogens with zero attached hydrogens (tertiary/aromatic N) is 4. The molecule has 1 fully saturated rings. The highest BCUT2D eigenvalue weighted by Crippen LogP contribution is 2.37. The Kier molecular flexibility index (Phi) is 4.93. The Balaban J connectivity index is 2.01. The highest BCUT2D eigenvalue weighted by atomic mass is 35.5. The highest BCUT2D eigenvalue weighted by Gasteiger charge is 2.36. The monoisotopic (exact) mass is 386 g/mol. The zero-order valence-corrected chi connectivity index (χ0v) is 14.1. The number of aromatic nitrogens is 3. The number of anilines is 2. The SMILES string of the molecule is N#Cc1cnn(-c2nc(NC[C@@H]3CCCO3)c(C(F)(F)F)cc2Cl)c1N. The average molecular weight is 387 g/mol. The molecular formula is C15H14ClF3N6O. The van der Waals surface area contributed by atoms with E-state index >= 15 is 0 Å². The van der Waals surface area contributed by atoms with Gasteiger partial charge in [-0.2, -0.15) is 28.2 Å². The summed E-state index contributed by atoms with van der Waals surface area (Å²) in [6, 6.07) is 2.58. The van der Waals surface area contributed by atoms with Crippen molar-refractivity contribution in [2.45, 2.75) is 25.1 Å².